The van der Waals surface area contributed by atoms with Gasteiger partial charge in [-0.25, -0.2) is 13.8 Å². The Morgan fingerprint density at radius 2 is 1.77 bits per heavy atom. The fourth-order valence-corrected chi connectivity index (χ4v) is 4.02. The molecule has 2 aromatic carbocycles. The second-order valence-corrected chi connectivity index (χ2v) is 7.70. The molecule has 1 unspecified atom stereocenters. The van der Waals surface area contributed by atoms with E-state index in [0.717, 1.165) is 42.6 Å². The van der Waals surface area contributed by atoms with Crippen LogP contribution in [0.15, 0.2) is 60.8 Å². The van der Waals surface area contributed by atoms with Crippen molar-refractivity contribution in [2.75, 3.05) is 13.1 Å². The van der Waals surface area contributed by atoms with Crippen molar-refractivity contribution in [1.29, 1.82) is 0 Å². The molecule has 0 bridgehead atoms. The van der Waals surface area contributed by atoms with Crippen molar-refractivity contribution in [2.24, 2.45) is 0 Å². The van der Waals surface area contributed by atoms with Gasteiger partial charge in [-0.3, -0.25) is 4.90 Å². The number of rotatable bonds is 7. The average molecular weight is 411 g/mol. The van der Waals surface area contributed by atoms with Gasteiger partial charge in [0.05, 0.1) is 0 Å². The van der Waals surface area contributed by atoms with E-state index in [1.165, 1.54) is 24.4 Å². The highest BCUT2D eigenvalue weighted by Crippen LogP contribution is 2.26. The minimum absolute atomic E-state index is 0.182. The molecule has 0 radical (unpaired) electrons. The van der Waals surface area contributed by atoms with Crippen LogP contribution in [0.1, 0.15) is 22.3 Å². The Hall–Kier alpha value is -2.70. The number of hydrogen-bond acceptors (Lipinski definition) is 3. The zero-order valence-electron chi connectivity index (χ0n) is 16.6. The smallest absolute Gasteiger partial charge is 0.217 e. The highest BCUT2D eigenvalue weighted by Gasteiger charge is 2.26. The van der Waals surface area contributed by atoms with E-state index in [4.69, 9.17) is 0 Å². The van der Waals surface area contributed by atoms with Crippen LogP contribution in [-0.4, -0.2) is 29.0 Å². The van der Waals surface area contributed by atoms with Crippen LogP contribution in [0.2, 0.25) is 0 Å². The quantitative estimate of drug-likeness (QED) is 0.465. The molecule has 1 aromatic heterocycles. The van der Waals surface area contributed by atoms with Crippen LogP contribution in [-0.2, 0) is 25.9 Å². The maximum absolute atomic E-state index is 13.7. The molecule has 0 amide bonds. The van der Waals surface area contributed by atoms with E-state index in [1.54, 1.807) is 30.3 Å². The van der Waals surface area contributed by atoms with Crippen molar-refractivity contribution < 1.29 is 13.2 Å². The lowest BCUT2D eigenvalue weighted by atomic mass is 9.90. The molecule has 3 nitrogen and oxygen atoms in total. The van der Waals surface area contributed by atoms with E-state index in [1.807, 2.05) is 6.07 Å². The van der Waals surface area contributed by atoms with Gasteiger partial charge in [0.15, 0.2) is 0 Å². The molecule has 1 aliphatic heterocycles. The Morgan fingerprint density at radius 3 is 2.57 bits per heavy atom. The number of halogens is 3. The Labute approximate surface area is 174 Å². The molecule has 0 aliphatic carbocycles. The van der Waals surface area contributed by atoms with Gasteiger partial charge in [0, 0.05) is 44.0 Å². The number of benzene rings is 2. The lowest BCUT2D eigenvalue weighted by Crippen LogP contribution is -2.44. The molecule has 2 heterocycles. The largest absolute Gasteiger partial charge is 0.311 e. The summed E-state index contributed by atoms with van der Waals surface area (Å²) in [6.45, 7) is 2.59. The fourth-order valence-electron chi connectivity index (χ4n) is 4.02. The van der Waals surface area contributed by atoms with Crippen molar-refractivity contribution in [3.8, 4) is 0 Å². The van der Waals surface area contributed by atoms with Crippen LogP contribution in [0.5, 0.6) is 0 Å². The van der Waals surface area contributed by atoms with Gasteiger partial charge in [0.25, 0.3) is 0 Å². The number of aromatic nitrogens is 1. The summed E-state index contributed by atoms with van der Waals surface area (Å²) in [6.07, 6.45) is 2.93. The van der Waals surface area contributed by atoms with Gasteiger partial charge in [0.1, 0.15) is 11.6 Å². The molecule has 0 saturated heterocycles. The first-order valence-electron chi connectivity index (χ1n) is 10.1. The first kappa shape index (κ1) is 20.6. The van der Waals surface area contributed by atoms with E-state index >= 15 is 0 Å². The van der Waals surface area contributed by atoms with E-state index in [9.17, 15) is 13.2 Å². The topological polar surface area (TPSA) is 28.2 Å². The molecule has 3 aromatic rings. The van der Waals surface area contributed by atoms with Gasteiger partial charge in [-0.05, 0) is 59.9 Å². The summed E-state index contributed by atoms with van der Waals surface area (Å²) in [5.74, 6) is -0.922. The molecule has 1 N–H and O–H groups in total. The van der Waals surface area contributed by atoms with E-state index in [0.29, 0.717) is 18.7 Å². The van der Waals surface area contributed by atoms with Crippen LogP contribution in [0.4, 0.5) is 13.2 Å². The van der Waals surface area contributed by atoms with Crippen LogP contribution in [0.25, 0.3) is 0 Å². The number of hydrogen-bond donors (Lipinski definition) is 1. The van der Waals surface area contributed by atoms with E-state index in [2.05, 4.69) is 15.2 Å². The van der Waals surface area contributed by atoms with Crippen LogP contribution < -0.4 is 5.32 Å². The molecule has 0 spiro atoms. The average Bonchev–Trinajstić information content (AvgIpc) is 2.74. The molecule has 156 valence electrons. The van der Waals surface area contributed by atoms with Crippen LogP contribution in [0, 0.1) is 17.6 Å². The third-order valence-corrected chi connectivity index (χ3v) is 5.63. The first-order valence-corrected chi connectivity index (χ1v) is 10.1. The summed E-state index contributed by atoms with van der Waals surface area (Å²) in [5.41, 5.74) is 3.75. The summed E-state index contributed by atoms with van der Waals surface area (Å²) >= 11 is 0. The summed E-state index contributed by atoms with van der Waals surface area (Å²) in [6, 6.07) is 15.1. The lowest BCUT2D eigenvalue weighted by molar-refractivity contribution is 0.170. The van der Waals surface area contributed by atoms with Crippen LogP contribution in [0.3, 0.4) is 0 Å². The summed E-state index contributed by atoms with van der Waals surface area (Å²) in [7, 11) is 0. The van der Waals surface area contributed by atoms with E-state index in [-0.39, 0.29) is 17.7 Å². The second kappa shape index (κ2) is 9.41. The van der Waals surface area contributed by atoms with Gasteiger partial charge < -0.3 is 5.32 Å². The zero-order valence-corrected chi connectivity index (χ0v) is 16.6. The van der Waals surface area contributed by atoms with Gasteiger partial charge in [-0.15, -0.1) is 0 Å². The number of nitrogens with one attached hydrogen (secondary N) is 1. The predicted octanol–water partition coefficient (Wildman–Crippen LogP) is 4.26. The highest BCUT2D eigenvalue weighted by atomic mass is 19.1. The van der Waals surface area contributed by atoms with Gasteiger partial charge in [-0.1, -0.05) is 24.3 Å². The molecule has 6 heteroatoms. The van der Waals surface area contributed by atoms with Gasteiger partial charge >= 0.3 is 0 Å². The number of fused-ring (bicyclic) bond motifs is 1. The Kier molecular flexibility index (Phi) is 6.45. The molecular formula is C24H24F3N3. The van der Waals surface area contributed by atoms with Crippen molar-refractivity contribution in [2.45, 2.75) is 32.0 Å². The van der Waals surface area contributed by atoms with Crippen molar-refractivity contribution in [3.05, 3.63) is 101 Å². The standard InChI is InChI=1S/C24H24F3N3/c25-21-6-3-17(4-7-21)12-23-14-20-13-22(26)8-5-19(20)16-30(23)11-10-28-15-18-2-1-9-29-24(18)27/h1-9,13,23,28H,10-12,14-16H2. The fraction of sp³-hybridized carbons (Fsp3) is 0.292. The van der Waals surface area contributed by atoms with Crippen molar-refractivity contribution in [3.63, 3.8) is 0 Å². The Morgan fingerprint density at radius 1 is 0.967 bits per heavy atom. The lowest BCUT2D eigenvalue weighted by Gasteiger charge is -2.37. The van der Waals surface area contributed by atoms with Crippen molar-refractivity contribution in [1.82, 2.24) is 15.2 Å². The number of nitrogens with zero attached hydrogens (tertiary/aromatic N) is 2. The monoisotopic (exact) mass is 411 g/mol. The summed E-state index contributed by atoms with van der Waals surface area (Å²) in [4.78, 5) is 6.03. The van der Waals surface area contributed by atoms with Gasteiger partial charge in [0.2, 0.25) is 5.95 Å². The molecule has 0 fully saturated rings. The molecule has 4 rings (SSSR count). The third-order valence-electron chi connectivity index (χ3n) is 5.63. The molecular weight excluding hydrogens is 387 g/mol. The predicted molar refractivity (Wildman–Crippen MR) is 110 cm³/mol. The van der Waals surface area contributed by atoms with Gasteiger partial charge in [-0.2, -0.15) is 4.39 Å². The third kappa shape index (κ3) is 5.07. The number of pyridine rings is 1. The van der Waals surface area contributed by atoms with E-state index < -0.39 is 5.95 Å². The molecule has 0 saturated carbocycles. The minimum Gasteiger partial charge on any atom is -0.311 e. The second-order valence-electron chi connectivity index (χ2n) is 7.70. The maximum Gasteiger partial charge on any atom is 0.217 e. The Bertz CT molecular complexity index is 991. The summed E-state index contributed by atoms with van der Waals surface area (Å²) in [5, 5.41) is 3.28. The summed E-state index contributed by atoms with van der Waals surface area (Å²) < 4.78 is 40.7. The highest BCUT2D eigenvalue weighted by molar-refractivity contribution is 5.32. The SMILES string of the molecule is Fc1ccc(CC2Cc3cc(F)ccc3CN2CCNCc2cccnc2F)cc1. The molecule has 1 atom stereocenters. The maximum atomic E-state index is 13.7. The minimum atomic E-state index is -0.451. The zero-order chi connectivity index (χ0) is 20.9. The Balaban J connectivity index is 1.43. The normalized spacial score (nSPS) is 16.4. The molecule has 30 heavy (non-hydrogen) atoms. The molecule has 1 aliphatic rings. The van der Waals surface area contributed by atoms with Crippen molar-refractivity contribution >= 4 is 0 Å². The van der Waals surface area contributed by atoms with Crippen LogP contribution >= 0.6 is 0 Å². The first-order chi connectivity index (χ1) is 14.6.